The number of amides is 3. The van der Waals surface area contributed by atoms with Gasteiger partial charge in [-0.2, -0.15) is 0 Å². The molecule has 2 rings (SSSR count). The van der Waals surface area contributed by atoms with Crippen molar-refractivity contribution in [2.45, 2.75) is 0 Å². The zero-order valence-electron chi connectivity index (χ0n) is 11.5. The van der Waals surface area contributed by atoms with E-state index in [4.69, 9.17) is 17.3 Å². The minimum atomic E-state index is -0.661. The minimum Gasteiger partial charge on any atom is -0.351 e. The van der Waals surface area contributed by atoms with Crippen LogP contribution >= 0.6 is 11.6 Å². The molecule has 4 N–H and O–H groups in total. The number of rotatable bonds is 4. The lowest BCUT2D eigenvalue weighted by Crippen LogP contribution is -2.19. The van der Waals surface area contributed by atoms with E-state index in [0.29, 0.717) is 16.4 Å². The van der Waals surface area contributed by atoms with Gasteiger partial charge in [-0.15, -0.1) is 0 Å². The van der Waals surface area contributed by atoms with Crippen LogP contribution in [0.1, 0.15) is 5.56 Å². The van der Waals surface area contributed by atoms with Crippen LogP contribution in [-0.2, 0) is 4.79 Å². The molecule has 0 aliphatic rings. The predicted octanol–water partition coefficient (Wildman–Crippen LogP) is 3.48. The Labute approximate surface area is 132 Å². The number of carbonyl (C=O) groups is 2. The molecule has 0 bridgehead atoms. The second kappa shape index (κ2) is 7.28. The van der Waals surface area contributed by atoms with Gasteiger partial charge in [0.2, 0.25) is 5.91 Å². The Morgan fingerprint density at radius 2 is 1.64 bits per heavy atom. The highest BCUT2D eigenvalue weighted by atomic mass is 35.5. The Hall–Kier alpha value is -2.79. The summed E-state index contributed by atoms with van der Waals surface area (Å²) in [4.78, 5) is 22.6. The molecule has 22 heavy (non-hydrogen) atoms. The molecule has 2 aromatic rings. The molecule has 5 nitrogen and oxygen atoms in total. The van der Waals surface area contributed by atoms with Gasteiger partial charge in [-0.25, -0.2) is 4.79 Å². The van der Waals surface area contributed by atoms with Crippen LogP contribution in [-0.4, -0.2) is 11.9 Å². The zero-order valence-corrected chi connectivity index (χ0v) is 12.3. The quantitative estimate of drug-likeness (QED) is 0.755. The molecule has 0 saturated carbocycles. The fourth-order valence-electron chi connectivity index (χ4n) is 1.75. The third-order valence-electron chi connectivity index (χ3n) is 2.69. The third-order valence-corrected chi connectivity index (χ3v) is 2.95. The first-order valence-corrected chi connectivity index (χ1v) is 6.82. The summed E-state index contributed by atoms with van der Waals surface area (Å²) in [5.74, 6) is -0.286. The SMILES string of the molecule is NC(=O)Nc1cccc(NC(=O)/C=C/c2ccc(Cl)cc2)c1. The van der Waals surface area contributed by atoms with Gasteiger partial charge < -0.3 is 16.4 Å². The minimum absolute atomic E-state index is 0.286. The van der Waals surface area contributed by atoms with Gasteiger partial charge in [-0.1, -0.05) is 29.8 Å². The van der Waals surface area contributed by atoms with Crippen LogP contribution in [0.3, 0.4) is 0 Å². The number of primary amides is 1. The standard InChI is InChI=1S/C16H14ClN3O2/c17-12-7-4-11(5-8-12)6-9-15(21)19-13-2-1-3-14(10-13)20-16(18)22/h1-10H,(H,19,21)(H3,18,20,22)/b9-6+. The highest BCUT2D eigenvalue weighted by molar-refractivity contribution is 6.30. The maximum Gasteiger partial charge on any atom is 0.316 e. The summed E-state index contributed by atoms with van der Waals surface area (Å²) in [6.45, 7) is 0. The van der Waals surface area contributed by atoms with Crippen molar-refractivity contribution in [2.75, 3.05) is 10.6 Å². The number of urea groups is 1. The van der Waals surface area contributed by atoms with Crippen molar-refractivity contribution in [3.05, 3.63) is 65.2 Å². The fraction of sp³-hybridized carbons (Fsp3) is 0. The summed E-state index contributed by atoms with van der Waals surface area (Å²) >= 11 is 5.79. The molecular weight excluding hydrogens is 302 g/mol. The fourth-order valence-corrected chi connectivity index (χ4v) is 1.87. The van der Waals surface area contributed by atoms with Gasteiger partial charge in [0.15, 0.2) is 0 Å². The molecule has 0 spiro atoms. The number of nitrogens with two attached hydrogens (primary N) is 1. The number of anilines is 2. The number of nitrogens with one attached hydrogen (secondary N) is 2. The Bertz CT molecular complexity index is 712. The lowest BCUT2D eigenvalue weighted by Gasteiger charge is -2.05. The average Bonchev–Trinajstić information content (AvgIpc) is 2.46. The second-order valence-corrected chi connectivity index (χ2v) is 4.88. The van der Waals surface area contributed by atoms with Crippen molar-refractivity contribution in [1.82, 2.24) is 0 Å². The Morgan fingerprint density at radius 1 is 1.00 bits per heavy atom. The van der Waals surface area contributed by atoms with Crippen molar-refractivity contribution in [2.24, 2.45) is 5.73 Å². The monoisotopic (exact) mass is 315 g/mol. The molecule has 3 amide bonds. The highest BCUT2D eigenvalue weighted by Crippen LogP contribution is 2.15. The van der Waals surface area contributed by atoms with E-state index in [2.05, 4.69) is 10.6 Å². The van der Waals surface area contributed by atoms with Crippen molar-refractivity contribution in [3.63, 3.8) is 0 Å². The lowest BCUT2D eigenvalue weighted by molar-refractivity contribution is -0.111. The van der Waals surface area contributed by atoms with Crippen LogP contribution in [0.2, 0.25) is 5.02 Å². The van der Waals surface area contributed by atoms with E-state index in [9.17, 15) is 9.59 Å². The van der Waals surface area contributed by atoms with Crippen LogP contribution < -0.4 is 16.4 Å². The van der Waals surface area contributed by atoms with E-state index < -0.39 is 6.03 Å². The molecule has 0 radical (unpaired) electrons. The smallest absolute Gasteiger partial charge is 0.316 e. The van der Waals surface area contributed by atoms with E-state index in [1.54, 1.807) is 42.5 Å². The summed E-state index contributed by atoms with van der Waals surface area (Å²) in [6, 6.07) is 13.1. The molecule has 0 aliphatic carbocycles. The molecule has 0 heterocycles. The van der Waals surface area contributed by atoms with Crippen molar-refractivity contribution in [3.8, 4) is 0 Å². The molecule has 0 aliphatic heterocycles. The third kappa shape index (κ3) is 4.96. The maximum atomic E-state index is 11.9. The van der Waals surface area contributed by atoms with Crippen LogP contribution in [0.25, 0.3) is 6.08 Å². The largest absolute Gasteiger partial charge is 0.351 e. The predicted molar refractivity (Wildman–Crippen MR) is 88.8 cm³/mol. The van der Waals surface area contributed by atoms with Gasteiger partial charge in [0, 0.05) is 22.5 Å². The van der Waals surface area contributed by atoms with Crippen LogP contribution in [0.4, 0.5) is 16.2 Å². The topological polar surface area (TPSA) is 84.2 Å². The van der Waals surface area contributed by atoms with Gasteiger partial charge in [-0.3, -0.25) is 4.79 Å². The van der Waals surface area contributed by atoms with Gasteiger partial charge in [0.25, 0.3) is 0 Å². The molecule has 0 fully saturated rings. The summed E-state index contributed by atoms with van der Waals surface area (Å²) in [5.41, 5.74) is 6.96. The Morgan fingerprint density at radius 3 is 2.27 bits per heavy atom. The van der Waals surface area contributed by atoms with Gasteiger partial charge >= 0.3 is 6.03 Å². The summed E-state index contributed by atoms with van der Waals surface area (Å²) < 4.78 is 0. The first-order valence-electron chi connectivity index (χ1n) is 6.44. The summed E-state index contributed by atoms with van der Waals surface area (Å²) in [7, 11) is 0. The molecule has 0 saturated heterocycles. The van der Waals surface area contributed by atoms with Crippen LogP contribution in [0.5, 0.6) is 0 Å². The van der Waals surface area contributed by atoms with Crippen LogP contribution in [0.15, 0.2) is 54.6 Å². The molecule has 0 aromatic heterocycles. The molecule has 6 heteroatoms. The van der Waals surface area contributed by atoms with Gasteiger partial charge in [0.1, 0.15) is 0 Å². The maximum absolute atomic E-state index is 11.9. The van der Waals surface area contributed by atoms with E-state index >= 15 is 0 Å². The highest BCUT2D eigenvalue weighted by Gasteiger charge is 2.01. The first-order chi connectivity index (χ1) is 10.5. The van der Waals surface area contributed by atoms with Gasteiger partial charge in [0.05, 0.1) is 0 Å². The van der Waals surface area contributed by atoms with Crippen molar-refractivity contribution in [1.29, 1.82) is 0 Å². The van der Waals surface area contributed by atoms with E-state index in [1.165, 1.54) is 6.08 Å². The van der Waals surface area contributed by atoms with Crippen LogP contribution in [0, 0.1) is 0 Å². The number of halogens is 1. The molecular formula is C16H14ClN3O2. The molecule has 0 atom stereocenters. The van der Waals surface area contributed by atoms with E-state index in [1.807, 2.05) is 12.1 Å². The Kier molecular flexibility index (Phi) is 5.16. The second-order valence-electron chi connectivity index (χ2n) is 4.44. The molecule has 0 unspecified atom stereocenters. The first kappa shape index (κ1) is 15.6. The van der Waals surface area contributed by atoms with E-state index in [0.717, 1.165) is 5.56 Å². The summed E-state index contributed by atoms with van der Waals surface area (Å²) in [6.07, 6.45) is 3.09. The number of benzene rings is 2. The zero-order chi connectivity index (χ0) is 15.9. The molecule has 2 aromatic carbocycles. The normalized spacial score (nSPS) is 10.4. The summed E-state index contributed by atoms with van der Waals surface area (Å²) in [5, 5.41) is 5.77. The number of hydrogen-bond donors (Lipinski definition) is 3. The van der Waals surface area contributed by atoms with Crippen molar-refractivity contribution >= 4 is 41.0 Å². The Balaban J connectivity index is 1.99. The van der Waals surface area contributed by atoms with Gasteiger partial charge in [-0.05, 0) is 42.0 Å². The number of carbonyl (C=O) groups excluding carboxylic acids is 2. The van der Waals surface area contributed by atoms with E-state index in [-0.39, 0.29) is 5.91 Å². The number of hydrogen-bond acceptors (Lipinski definition) is 2. The lowest BCUT2D eigenvalue weighted by atomic mass is 10.2. The van der Waals surface area contributed by atoms with Crippen molar-refractivity contribution < 1.29 is 9.59 Å². The average molecular weight is 316 g/mol. The molecule has 112 valence electrons.